The van der Waals surface area contributed by atoms with Crippen molar-refractivity contribution in [2.75, 3.05) is 4.90 Å². The van der Waals surface area contributed by atoms with Gasteiger partial charge in [-0.1, -0.05) is 111 Å². The van der Waals surface area contributed by atoms with Gasteiger partial charge in [0.25, 0.3) is 0 Å². The lowest BCUT2D eigenvalue weighted by molar-refractivity contribution is 0.660. The van der Waals surface area contributed by atoms with Gasteiger partial charge in [-0.3, -0.25) is 0 Å². The monoisotopic (exact) mass is 543 g/mol. The molecule has 196 valence electrons. The maximum atomic E-state index is 2.45. The van der Waals surface area contributed by atoms with Crippen molar-refractivity contribution in [3.8, 4) is 22.3 Å². The highest BCUT2D eigenvalue weighted by Gasteiger charge is 2.35. The standard InChI is InChI=1S/C39H29NS/c1-39(2)34-17-9-6-15-30(34)31-22-20-28(25-35(31)39)40(36-18-10-7-14-29(36)26-12-4-3-5-13-26)27-21-23-38-33(24-27)32-16-8-11-19-37(32)41-38/h3-25H,1-2H3. The molecule has 1 heterocycles. The van der Waals surface area contributed by atoms with Crippen LogP contribution in [-0.4, -0.2) is 0 Å². The van der Waals surface area contributed by atoms with Crippen LogP contribution in [0.2, 0.25) is 0 Å². The van der Waals surface area contributed by atoms with Gasteiger partial charge in [0.2, 0.25) is 0 Å². The zero-order valence-electron chi connectivity index (χ0n) is 23.1. The van der Waals surface area contributed by atoms with E-state index in [2.05, 4.69) is 158 Å². The van der Waals surface area contributed by atoms with Gasteiger partial charge in [0.15, 0.2) is 0 Å². The van der Waals surface area contributed by atoms with Crippen molar-refractivity contribution >= 4 is 48.6 Å². The highest BCUT2D eigenvalue weighted by molar-refractivity contribution is 7.25. The smallest absolute Gasteiger partial charge is 0.0540 e. The van der Waals surface area contributed by atoms with Crippen molar-refractivity contribution in [3.63, 3.8) is 0 Å². The molecule has 1 aliphatic rings. The van der Waals surface area contributed by atoms with E-state index in [1.807, 2.05) is 11.3 Å². The molecule has 0 atom stereocenters. The Morgan fingerprint density at radius 3 is 2.00 bits per heavy atom. The van der Waals surface area contributed by atoms with E-state index in [-0.39, 0.29) is 5.41 Å². The van der Waals surface area contributed by atoms with Gasteiger partial charge in [0.1, 0.15) is 0 Å². The molecular weight excluding hydrogens is 515 g/mol. The number of rotatable bonds is 4. The Kier molecular flexibility index (Phi) is 5.42. The van der Waals surface area contributed by atoms with Crippen LogP contribution < -0.4 is 4.90 Å². The van der Waals surface area contributed by atoms with Crippen molar-refractivity contribution in [3.05, 3.63) is 151 Å². The van der Waals surface area contributed by atoms with Crippen LogP contribution in [0, 0.1) is 0 Å². The quantitative estimate of drug-likeness (QED) is 0.213. The lowest BCUT2D eigenvalue weighted by Gasteiger charge is -2.30. The maximum absolute atomic E-state index is 2.45. The topological polar surface area (TPSA) is 3.24 Å². The SMILES string of the molecule is CC1(C)c2ccccc2-c2ccc(N(c3ccc4sc5ccccc5c4c3)c3ccccc3-c3ccccc3)cc21. The van der Waals surface area contributed by atoms with Gasteiger partial charge in [-0.05, 0) is 70.3 Å². The number of thiophene rings is 1. The van der Waals surface area contributed by atoms with E-state index in [1.165, 1.54) is 64.9 Å². The second kappa shape index (κ2) is 9.19. The van der Waals surface area contributed by atoms with Crippen LogP contribution in [0.3, 0.4) is 0 Å². The molecule has 1 nitrogen and oxygen atoms in total. The van der Waals surface area contributed by atoms with Crippen LogP contribution >= 0.6 is 11.3 Å². The van der Waals surface area contributed by atoms with E-state index < -0.39 is 0 Å². The van der Waals surface area contributed by atoms with E-state index in [9.17, 15) is 0 Å². The fourth-order valence-corrected chi connectivity index (χ4v) is 7.73. The lowest BCUT2D eigenvalue weighted by atomic mass is 9.82. The number of fused-ring (bicyclic) bond motifs is 6. The number of hydrogen-bond acceptors (Lipinski definition) is 2. The Morgan fingerprint density at radius 1 is 0.488 bits per heavy atom. The summed E-state index contributed by atoms with van der Waals surface area (Å²) in [6, 6.07) is 51.1. The summed E-state index contributed by atoms with van der Waals surface area (Å²) < 4.78 is 2.64. The minimum atomic E-state index is -0.0694. The van der Waals surface area contributed by atoms with Gasteiger partial charge in [-0.2, -0.15) is 0 Å². The van der Waals surface area contributed by atoms with Crippen molar-refractivity contribution < 1.29 is 0 Å². The zero-order chi connectivity index (χ0) is 27.6. The number of benzene rings is 6. The first-order chi connectivity index (χ1) is 20.1. The Balaban J connectivity index is 1.39. The fourth-order valence-electron chi connectivity index (χ4n) is 6.64. The summed E-state index contributed by atoms with van der Waals surface area (Å²) in [5.74, 6) is 0. The summed E-state index contributed by atoms with van der Waals surface area (Å²) in [7, 11) is 0. The normalized spacial score (nSPS) is 13.3. The molecular formula is C39H29NS. The largest absolute Gasteiger partial charge is 0.310 e. The summed E-state index contributed by atoms with van der Waals surface area (Å²) >= 11 is 1.86. The predicted octanol–water partition coefficient (Wildman–Crippen LogP) is 11.5. The Bertz CT molecular complexity index is 2080. The van der Waals surface area contributed by atoms with Gasteiger partial charge >= 0.3 is 0 Å². The Morgan fingerprint density at radius 2 is 1.12 bits per heavy atom. The van der Waals surface area contributed by atoms with Gasteiger partial charge < -0.3 is 4.90 Å². The molecule has 0 spiro atoms. The minimum absolute atomic E-state index is 0.0694. The molecule has 7 aromatic rings. The van der Waals surface area contributed by atoms with E-state index in [4.69, 9.17) is 0 Å². The molecule has 6 aromatic carbocycles. The van der Waals surface area contributed by atoms with Crippen LogP contribution in [0.15, 0.2) is 140 Å². The third kappa shape index (κ3) is 3.75. The molecule has 0 N–H and O–H groups in total. The first-order valence-corrected chi connectivity index (χ1v) is 15.0. The zero-order valence-corrected chi connectivity index (χ0v) is 24.0. The number of anilines is 3. The summed E-state index contributed by atoms with van der Waals surface area (Å²) in [4.78, 5) is 2.45. The molecule has 0 saturated heterocycles. The first kappa shape index (κ1) is 24.2. The molecule has 1 aromatic heterocycles. The van der Waals surface area contributed by atoms with Crippen LogP contribution in [0.1, 0.15) is 25.0 Å². The molecule has 0 saturated carbocycles. The van der Waals surface area contributed by atoms with Crippen molar-refractivity contribution in [1.82, 2.24) is 0 Å². The van der Waals surface area contributed by atoms with Gasteiger partial charge in [0, 0.05) is 42.5 Å². The second-order valence-corrected chi connectivity index (χ2v) is 12.5. The molecule has 0 aliphatic heterocycles. The lowest BCUT2D eigenvalue weighted by Crippen LogP contribution is -2.16. The molecule has 2 heteroatoms. The molecule has 0 bridgehead atoms. The average molecular weight is 544 g/mol. The molecule has 8 rings (SSSR count). The maximum Gasteiger partial charge on any atom is 0.0540 e. The summed E-state index contributed by atoms with van der Waals surface area (Å²) in [5.41, 5.74) is 11.3. The van der Waals surface area contributed by atoms with E-state index in [0.717, 1.165) is 5.69 Å². The molecule has 0 amide bonds. The summed E-state index contributed by atoms with van der Waals surface area (Å²) in [6.07, 6.45) is 0. The summed E-state index contributed by atoms with van der Waals surface area (Å²) in [5, 5.41) is 2.62. The number of nitrogens with zero attached hydrogens (tertiary/aromatic N) is 1. The number of hydrogen-bond donors (Lipinski definition) is 0. The van der Waals surface area contributed by atoms with E-state index >= 15 is 0 Å². The highest BCUT2D eigenvalue weighted by Crippen LogP contribution is 2.51. The third-order valence-electron chi connectivity index (χ3n) is 8.67. The molecule has 0 unspecified atom stereocenters. The molecule has 0 fully saturated rings. The number of para-hydroxylation sites is 1. The van der Waals surface area contributed by atoms with E-state index in [0.29, 0.717) is 0 Å². The van der Waals surface area contributed by atoms with Gasteiger partial charge in [-0.25, -0.2) is 0 Å². The Hall–Kier alpha value is -4.66. The van der Waals surface area contributed by atoms with Crippen LogP contribution in [0.5, 0.6) is 0 Å². The minimum Gasteiger partial charge on any atom is -0.310 e. The Labute approximate surface area is 245 Å². The molecule has 1 aliphatic carbocycles. The average Bonchev–Trinajstić information content (AvgIpc) is 3.50. The highest BCUT2D eigenvalue weighted by atomic mass is 32.1. The first-order valence-electron chi connectivity index (χ1n) is 14.2. The van der Waals surface area contributed by atoms with Crippen LogP contribution in [0.4, 0.5) is 17.1 Å². The van der Waals surface area contributed by atoms with Crippen molar-refractivity contribution in [2.45, 2.75) is 19.3 Å². The van der Waals surface area contributed by atoms with Crippen molar-refractivity contribution in [1.29, 1.82) is 0 Å². The van der Waals surface area contributed by atoms with Crippen molar-refractivity contribution in [2.24, 2.45) is 0 Å². The predicted molar refractivity (Wildman–Crippen MR) is 177 cm³/mol. The summed E-state index contributed by atoms with van der Waals surface area (Å²) in [6.45, 7) is 4.71. The van der Waals surface area contributed by atoms with Gasteiger partial charge in [-0.15, -0.1) is 11.3 Å². The second-order valence-electron chi connectivity index (χ2n) is 11.4. The van der Waals surface area contributed by atoms with Crippen LogP contribution in [-0.2, 0) is 5.41 Å². The van der Waals surface area contributed by atoms with Gasteiger partial charge in [0.05, 0.1) is 5.69 Å². The van der Waals surface area contributed by atoms with E-state index in [1.54, 1.807) is 0 Å². The fraction of sp³-hybridized carbons (Fsp3) is 0.0769. The molecule has 41 heavy (non-hydrogen) atoms. The van der Waals surface area contributed by atoms with Crippen LogP contribution in [0.25, 0.3) is 42.4 Å². The third-order valence-corrected chi connectivity index (χ3v) is 9.83. The molecule has 0 radical (unpaired) electrons.